The number of aromatic nitrogens is 2. The molecule has 0 unspecified atom stereocenters. The van der Waals surface area contributed by atoms with Gasteiger partial charge in [0.1, 0.15) is 10.6 Å². The third kappa shape index (κ3) is 3.09. The summed E-state index contributed by atoms with van der Waals surface area (Å²) in [6, 6.07) is 7.39. The van der Waals surface area contributed by atoms with Crippen LogP contribution >= 0.6 is 11.3 Å². The van der Waals surface area contributed by atoms with Crippen molar-refractivity contribution in [3.05, 3.63) is 57.0 Å². The Morgan fingerprint density at radius 3 is 3.04 bits per heavy atom. The van der Waals surface area contributed by atoms with E-state index in [0.29, 0.717) is 16.8 Å². The van der Waals surface area contributed by atoms with Gasteiger partial charge in [0.05, 0.1) is 12.5 Å². The zero-order valence-corrected chi connectivity index (χ0v) is 13.5. The van der Waals surface area contributed by atoms with Crippen molar-refractivity contribution in [3.63, 3.8) is 0 Å². The first-order valence-electron chi connectivity index (χ1n) is 6.97. The standard InChI is InChI=1S/C16H15N3O3S/c1-9-8-23-16-12(9)14(20)18-13(19-16)15(21)17-7-10-4-3-5-11(6-10)22-2/h3-6,8H,7H2,1-2H3,(H,17,21)(H,18,19,20). The Morgan fingerprint density at radius 2 is 2.26 bits per heavy atom. The third-order valence-corrected chi connectivity index (χ3v) is 4.42. The van der Waals surface area contributed by atoms with Crippen LogP contribution in [0.5, 0.6) is 5.75 Å². The van der Waals surface area contributed by atoms with E-state index in [1.165, 1.54) is 11.3 Å². The Hall–Kier alpha value is -2.67. The van der Waals surface area contributed by atoms with Gasteiger partial charge in [-0.3, -0.25) is 9.59 Å². The number of nitrogens with zero attached hydrogens (tertiary/aromatic N) is 1. The number of amides is 1. The third-order valence-electron chi connectivity index (χ3n) is 3.43. The molecule has 1 aromatic carbocycles. The molecular weight excluding hydrogens is 314 g/mol. The molecule has 2 N–H and O–H groups in total. The molecule has 3 rings (SSSR count). The lowest BCUT2D eigenvalue weighted by molar-refractivity contribution is 0.0940. The fraction of sp³-hybridized carbons (Fsp3) is 0.188. The lowest BCUT2D eigenvalue weighted by Crippen LogP contribution is -2.27. The summed E-state index contributed by atoms with van der Waals surface area (Å²) in [5.41, 5.74) is 1.47. The molecule has 0 spiro atoms. The number of carbonyl (C=O) groups is 1. The number of benzene rings is 1. The summed E-state index contributed by atoms with van der Waals surface area (Å²) < 4.78 is 5.14. The zero-order chi connectivity index (χ0) is 16.4. The summed E-state index contributed by atoms with van der Waals surface area (Å²) in [4.78, 5) is 31.6. The Balaban J connectivity index is 1.79. The summed E-state index contributed by atoms with van der Waals surface area (Å²) in [6.07, 6.45) is 0. The number of aryl methyl sites for hydroxylation is 1. The highest BCUT2D eigenvalue weighted by molar-refractivity contribution is 7.16. The number of carbonyl (C=O) groups excluding carboxylic acids is 1. The van der Waals surface area contributed by atoms with Crippen LogP contribution in [-0.4, -0.2) is 23.0 Å². The summed E-state index contributed by atoms with van der Waals surface area (Å²) in [6.45, 7) is 2.17. The molecule has 0 bridgehead atoms. The van der Waals surface area contributed by atoms with Gasteiger partial charge in [0.15, 0.2) is 0 Å². The van der Waals surface area contributed by atoms with E-state index in [4.69, 9.17) is 4.74 Å². The number of nitrogens with one attached hydrogen (secondary N) is 2. The van der Waals surface area contributed by atoms with E-state index in [0.717, 1.165) is 16.9 Å². The second-order valence-electron chi connectivity index (χ2n) is 5.05. The van der Waals surface area contributed by atoms with Crippen LogP contribution in [0.2, 0.25) is 0 Å². The van der Waals surface area contributed by atoms with E-state index in [1.807, 2.05) is 36.6 Å². The SMILES string of the molecule is COc1cccc(CNC(=O)c2nc3scc(C)c3c(=O)[nH]2)c1. The van der Waals surface area contributed by atoms with Crippen molar-refractivity contribution in [3.8, 4) is 5.75 Å². The van der Waals surface area contributed by atoms with Crippen molar-refractivity contribution >= 4 is 27.5 Å². The van der Waals surface area contributed by atoms with Gasteiger partial charge in [0, 0.05) is 6.54 Å². The van der Waals surface area contributed by atoms with Crippen molar-refractivity contribution in [1.82, 2.24) is 15.3 Å². The van der Waals surface area contributed by atoms with Gasteiger partial charge in [-0.15, -0.1) is 11.3 Å². The van der Waals surface area contributed by atoms with E-state index >= 15 is 0 Å². The molecule has 0 aliphatic rings. The predicted molar refractivity (Wildman–Crippen MR) is 89.1 cm³/mol. The second kappa shape index (κ2) is 6.21. The van der Waals surface area contributed by atoms with E-state index in [-0.39, 0.29) is 11.4 Å². The number of fused-ring (bicyclic) bond motifs is 1. The number of thiophene rings is 1. The Bertz CT molecular complexity index is 930. The molecule has 1 amide bonds. The van der Waals surface area contributed by atoms with Crippen LogP contribution in [-0.2, 0) is 6.54 Å². The second-order valence-corrected chi connectivity index (χ2v) is 5.91. The minimum atomic E-state index is -0.419. The number of aromatic amines is 1. The maximum absolute atomic E-state index is 12.2. The minimum absolute atomic E-state index is 0.0206. The minimum Gasteiger partial charge on any atom is -0.497 e. The molecule has 0 saturated heterocycles. The largest absolute Gasteiger partial charge is 0.497 e. The molecule has 23 heavy (non-hydrogen) atoms. The molecular formula is C16H15N3O3S. The number of H-pyrrole nitrogens is 1. The smallest absolute Gasteiger partial charge is 0.287 e. The first-order valence-corrected chi connectivity index (χ1v) is 7.85. The van der Waals surface area contributed by atoms with Crippen LogP contribution in [0.3, 0.4) is 0 Å². The quantitative estimate of drug-likeness (QED) is 0.769. The number of rotatable bonds is 4. The van der Waals surface area contributed by atoms with Gasteiger partial charge >= 0.3 is 0 Å². The highest BCUT2D eigenvalue weighted by Gasteiger charge is 2.13. The van der Waals surface area contributed by atoms with Crippen molar-refractivity contribution in [2.24, 2.45) is 0 Å². The molecule has 3 aromatic rings. The summed E-state index contributed by atoms with van der Waals surface area (Å²) in [5, 5.41) is 5.14. The predicted octanol–water partition coefficient (Wildman–Crippen LogP) is 2.23. The molecule has 0 atom stereocenters. The molecule has 6 nitrogen and oxygen atoms in total. The van der Waals surface area contributed by atoms with E-state index < -0.39 is 5.91 Å². The van der Waals surface area contributed by atoms with Crippen LogP contribution < -0.4 is 15.6 Å². The lowest BCUT2D eigenvalue weighted by Gasteiger charge is -2.06. The Morgan fingerprint density at radius 1 is 1.43 bits per heavy atom. The van der Waals surface area contributed by atoms with Crippen LogP contribution in [0.15, 0.2) is 34.4 Å². The highest BCUT2D eigenvalue weighted by Crippen LogP contribution is 2.19. The maximum Gasteiger partial charge on any atom is 0.287 e. The van der Waals surface area contributed by atoms with E-state index in [9.17, 15) is 9.59 Å². The number of hydrogen-bond acceptors (Lipinski definition) is 5. The van der Waals surface area contributed by atoms with Crippen LogP contribution in [0, 0.1) is 6.92 Å². The van der Waals surface area contributed by atoms with E-state index in [2.05, 4.69) is 15.3 Å². The van der Waals surface area contributed by atoms with Gasteiger partial charge in [-0.1, -0.05) is 12.1 Å². The van der Waals surface area contributed by atoms with Crippen LogP contribution in [0.1, 0.15) is 21.7 Å². The van der Waals surface area contributed by atoms with Crippen molar-refractivity contribution < 1.29 is 9.53 Å². The Kier molecular flexibility index (Phi) is 4.12. The van der Waals surface area contributed by atoms with Gasteiger partial charge in [0.2, 0.25) is 5.82 Å². The molecule has 0 aliphatic carbocycles. The lowest BCUT2D eigenvalue weighted by atomic mass is 10.2. The van der Waals surface area contributed by atoms with Crippen molar-refractivity contribution in [1.29, 1.82) is 0 Å². The monoisotopic (exact) mass is 329 g/mol. The first kappa shape index (κ1) is 15.2. The number of methoxy groups -OCH3 is 1. The van der Waals surface area contributed by atoms with Gasteiger partial charge in [-0.25, -0.2) is 4.98 Å². The molecule has 0 aliphatic heterocycles. The summed E-state index contributed by atoms with van der Waals surface area (Å²) in [7, 11) is 1.59. The van der Waals surface area contributed by atoms with Crippen molar-refractivity contribution in [2.75, 3.05) is 7.11 Å². The van der Waals surface area contributed by atoms with Gasteiger partial charge in [-0.05, 0) is 35.6 Å². The molecule has 2 heterocycles. The van der Waals surface area contributed by atoms with E-state index in [1.54, 1.807) is 7.11 Å². The van der Waals surface area contributed by atoms with Crippen molar-refractivity contribution in [2.45, 2.75) is 13.5 Å². The average molecular weight is 329 g/mol. The molecule has 0 fully saturated rings. The first-order chi connectivity index (χ1) is 11.1. The van der Waals surface area contributed by atoms with Gasteiger partial charge in [0.25, 0.3) is 11.5 Å². The number of ether oxygens (including phenoxy) is 1. The molecule has 2 aromatic heterocycles. The fourth-order valence-corrected chi connectivity index (χ4v) is 3.17. The van der Waals surface area contributed by atoms with Crippen LogP contribution in [0.4, 0.5) is 0 Å². The molecule has 0 radical (unpaired) electrons. The van der Waals surface area contributed by atoms with Crippen LogP contribution in [0.25, 0.3) is 10.2 Å². The summed E-state index contributed by atoms with van der Waals surface area (Å²) in [5.74, 6) is 0.323. The molecule has 118 valence electrons. The Labute approximate surface area is 136 Å². The fourth-order valence-electron chi connectivity index (χ4n) is 2.24. The molecule has 7 heteroatoms. The topological polar surface area (TPSA) is 84.1 Å². The molecule has 0 saturated carbocycles. The summed E-state index contributed by atoms with van der Waals surface area (Å²) >= 11 is 1.35. The average Bonchev–Trinajstić information content (AvgIpc) is 2.94. The number of hydrogen-bond donors (Lipinski definition) is 2. The van der Waals surface area contributed by atoms with Gasteiger partial charge < -0.3 is 15.0 Å². The maximum atomic E-state index is 12.2. The zero-order valence-electron chi connectivity index (χ0n) is 12.7. The highest BCUT2D eigenvalue weighted by atomic mass is 32.1. The normalized spacial score (nSPS) is 10.7. The van der Waals surface area contributed by atoms with Gasteiger partial charge in [-0.2, -0.15) is 0 Å².